The number of nitrogens with one attached hydrogen (secondary N) is 2. The fraction of sp³-hybridized carbons (Fsp3) is 0. The van der Waals surface area contributed by atoms with Crippen molar-refractivity contribution in [2.24, 2.45) is 0 Å². The summed E-state index contributed by atoms with van der Waals surface area (Å²) in [6.07, 6.45) is 0. The number of nitro groups is 8. The SMILES string of the molecule is O=[N+]([O-])c1cc([N+](=O)[O-])c(Nc2cc([N+](=O)[O-])c(Nc3c([N+](=O)[O-])cc([N+](=O)[O-])cc3[N+](=O)[O-])nc2[N+](=O)[O-])c([N+](=O)[O-])c1. The smallest absolute Gasteiger partial charge is 0.358 e. The Morgan fingerprint density at radius 1 is 0.432 bits per heavy atom. The van der Waals surface area contributed by atoms with Gasteiger partial charge in [-0.15, -0.1) is 0 Å². The van der Waals surface area contributed by atoms with Gasteiger partial charge >= 0.3 is 40.1 Å². The summed E-state index contributed by atoms with van der Waals surface area (Å²) in [5, 5.41) is 95.7. The van der Waals surface area contributed by atoms with Crippen LogP contribution in [0.5, 0.6) is 0 Å². The predicted molar refractivity (Wildman–Crippen MR) is 137 cm³/mol. The van der Waals surface area contributed by atoms with Crippen LogP contribution in [-0.2, 0) is 0 Å². The molecule has 0 amide bonds. The van der Waals surface area contributed by atoms with Gasteiger partial charge in [0.1, 0.15) is 5.69 Å². The zero-order valence-corrected chi connectivity index (χ0v) is 20.4. The number of nitrogens with zero attached hydrogens (tertiary/aromatic N) is 9. The van der Waals surface area contributed by atoms with Crippen LogP contribution in [0.2, 0.25) is 0 Å². The quantitative estimate of drug-likeness (QED) is 0.214. The number of non-ortho nitro benzene ring substituents is 2. The van der Waals surface area contributed by atoms with Gasteiger partial charge in [0, 0.05) is 0 Å². The molecule has 1 heterocycles. The summed E-state index contributed by atoms with van der Waals surface area (Å²) in [5.41, 5.74) is -12.8. The van der Waals surface area contributed by atoms with Crippen molar-refractivity contribution in [3.8, 4) is 0 Å². The molecule has 0 fully saturated rings. The van der Waals surface area contributed by atoms with Crippen molar-refractivity contribution in [3.63, 3.8) is 0 Å². The Morgan fingerprint density at radius 2 is 0.773 bits per heavy atom. The Morgan fingerprint density at radius 3 is 1.07 bits per heavy atom. The summed E-state index contributed by atoms with van der Waals surface area (Å²) in [7, 11) is 0. The Hall–Kier alpha value is -7.61. The number of benzene rings is 2. The number of aromatic nitrogens is 1. The molecule has 2 aromatic carbocycles. The molecule has 27 heteroatoms. The van der Waals surface area contributed by atoms with Gasteiger partial charge in [0.15, 0.2) is 11.4 Å². The molecule has 0 spiro atoms. The lowest BCUT2D eigenvalue weighted by atomic mass is 10.2. The van der Waals surface area contributed by atoms with Gasteiger partial charge in [0.05, 0.1) is 64.8 Å². The Labute approximate surface area is 235 Å². The van der Waals surface area contributed by atoms with Crippen LogP contribution in [0.15, 0.2) is 30.3 Å². The van der Waals surface area contributed by atoms with Crippen LogP contribution >= 0.6 is 0 Å². The van der Waals surface area contributed by atoms with Crippen LogP contribution < -0.4 is 10.6 Å². The summed E-state index contributed by atoms with van der Waals surface area (Å²) in [6.45, 7) is 0. The first-order valence-electron chi connectivity index (χ1n) is 10.5. The van der Waals surface area contributed by atoms with Crippen LogP contribution in [-0.4, -0.2) is 44.4 Å². The molecule has 1 aromatic heterocycles. The van der Waals surface area contributed by atoms with Gasteiger partial charge < -0.3 is 20.7 Å². The van der Waals surface area contributed by atoms with Crippen LogP contribution in [0.3, 0.4) is 0 Å². The normalized spacial score (nSPS) is 10.4. The molecule has 0 bridgehead atoms. The maximum absolute atomic E-state index is 11.8. The third kappa shape index (κ3) is 5.93. The predicted octanol–water partition coefficient (Wildman–Crippen LogP) is 3.83. The topological polar surface area (TPSA) is 382 Å². The molecular weight excluding hydrogens is 614 g/mol. The number of pyridine rings is 1. The highest BCUT2D eigenvalue weighted by molar-refractivity contribution is 5.87. The van der Waals surface area contributed by atoms with Crippen molar-refractivity contribution in [3.05, 3.63) is 111 Å². The van der Waals surface area contributed by atoms with E-state index in [1.54, 1.807) is 5.32 Å². The highest BCUT2D eigenvalue weighted by Gasteiger charge is 2.38. The molecule has 0 saturated heterocycles. The van der Waals surface area contributed by atoms with E-state index in [2.05, 4.69) is 4.98 Å². The van der Waals surface area contributed by atoms with E-state index in [1.165, 1.54) is 0 Å². The summed E-state index contributed by atoms with van der Waals surface area (Å²) in [4.78, 5) is 84.7. The first-order valence-corrected chi connectivity index (χ1v) is 10.5. The maximum atomic E-state index is 11.8. The molecule has 0 aliphatic carbocycles. The number of rotatable bonds is 12. The van der Waals surface area contributed by atoms with Crippen molar-refractivity contribution in [1.29, 1.82) is 0 Å². The van der Waals surface area contributed by atoms with Crippen molar-refractivity contribution in [1.82, 2.24) is 4.98 Å². The van der Waals surface area contributed by atoms with Crippen molar-refractivity contribution in [2.75, 3.05) is 10.6 Å². The third-order valence-electron chi connectivity index (χ3n) is 5.23. The van der Waals surface area contributed by atoms with Gasteiger partial charge in [-0.05, 0) is 9.91 Å². The monoisotopic (exact) mass is 621 g/mol. The van der Waals surface area contributed by atoms with Crippen LogP contribution in [0.4, 0.5) is 68.5 Å². The lowest BCUT2D eigenvalue weighted by Gasteiger charge is -2.10. The molecule has 0 radical (unpaired) electrons. The van der Waals surface area contributed by atoms with Gasteiger partial charge in [0.25, 0.3) is 11.4 Å². The van der Waals surface area contributed by atoms with E-state index in [9.17, 15) is 80.9 Å². The molecule has 0 aliphatic rings. The van der Waals surface area contributed by atoms with E-state index in [1.807, 2.05) is 5.32 Å². The fourth-order valence-corrected chi connectivity index (χ4v) is 3.45. The molecule has 0 atom stereocenters. The molecule has 2 N–H and O–H groups in total. The zero-order valence-electron chi connectivity index (χ0n) is 20.4. The molecule has 226 valence electrons. The van der Waals surface area contributed by atoms with Crippen LogP contribution in [0, 0.1) is 80.9 Å². The Balaban J connectivity index is 2.34. The number of hydrogen-bond acceptors (Lipinski definition) is 19. The highest BCUT2D eigenvalue weighted by Crippen LogP contribution is 2.45. The van der Waals surface area contributed by atoms with Gasteiger partial charge in [-0.3, -0.25) is 70.8 Å². The summed E-state index contributed by atoms with van der Waals surface area (Å²) < 4.78 is 0. The van der Waals surface area contributed by atoms with Crippen LogP contribution in [0.25, 0.3) is 0 Å². The first-order chi connectivity index (χ1) is 20.4. The van der Waals surface area contributed by atoms with E-state index in [4.69, 9.17) is 0 Å². The summed E-state index contributed by atoms with van der Waals surface area (Å²) >= 11 is 0. The number of hydrogen-bond donors (Lipinski definition) is 2. The van der Waals surface area contributed by atoms with Crippen molar-refractivity contribution < 1.29 is 39.4 Å². The largest absolute Gasteiger partial charge is 0.390 e. The van der Waals surface area contributed by atoms with E-state index in [0.717, 1.165) is 0 Å². The molecule has 3 rings (SSSR count). The fourth-order valence-electron chi connectivity index (χ4n) is 3.45. The van der Waals surface area contributed by atoms with Crippen molar-refractivity contribution >= 4 is 68.5 Å². The van der Waals surface area contributed by atoms with E-state index in [0.29, 0.717) is 0 Å². The average molecular weight is 621 g/mol. The minimum Gasteiger partial charge on any atom is -0.358 e. The highest BCUT2D eigenvalue weighted by atomic mass is 16.7. The minimum absolute atomic E-state index is 0.214. The van der Waals surface area contributed by atoms with Crippen molar-refractivity contribution in [2.45, 2.75) is 0 Å². The molecule has 0 unspecified atom stereocenters. The second-order valence-corrected chi connectivity index (χ2v) is 7.75. The molecule has 3 aromatic rings. The van der Waals surface area contributed by atoms with Gasteiger partial charge in [0.2, 0.25) is 0 Å². The molecule has 27 nitrogen and oxygen atoms in total. The third-order valence-corrected chi connectivity index (χ3v) is 5.23. The van der Waals surface area contributed by atoms with Gasteiger partial charge in [-0.1, -0.05) is 0 Å². The minimum atomic E-state index is -1.51. The summed E-state index contributed by atoms with van der Waals surface area (Å²) in [6, 6.07) is 1.17. The Kier molecular flexibility index (Phi) is 8.07. The second-order valence-electron chi connectivity index (χ2n) is 7.75. The lowest BCUT2D eigenvalue weighted by molar-refractivity contribution is -0.402. The van der Waals surface area contributed by atoms with E-state index < -0.39 is 108 Å². The van der Waals surface area contributed by atoms with E-state index >= 15 is 0 Å². The number of anilines is 4. The maximum Gasteiger partial charge on any atom is 0.390 e. The van der Waals surface area contributed by atoms with Gasteiger partial charge in [-0.2, -0.15) is 0 Å². The number of nitro benzene ring substituents is 6. The first kappa shape index (κ1) is 30.9. The zero-order chi connectivity index (χ0) is 33.2. The van der Waals surface area contributed by atoms with E-state index in [-0.39, 0.29) is 30.3 Å². The second kappa shape index (κ2) is 11.5. The average Bonchev–Trinajstić information content (AvgIpc) is 2.92. The molecule has 44 heavy (non-hydrogen) atoms. The van der Waals surface area contributed by atoms with Gasteiger partial charge in [-0.25, -0.2) is 0 Å². The summed E-state index contributed by atoms with van der Waals surface area (Å²) in [5.74, 6) is -2.80. The van der Waals surface area contributed by atoms with Crippen LogP contribution in [0.1, 0.15) is 0 Å². The molecular formula is C17H7N11O16. The lowest BCUT2D eigenvalue weighted by Crippen LogP contribution is -2.09. The standard InChI is InChI=1S/C17H7N11O16/c29-21(30)6-1-9(23(33)34)14(10(2-6)24(35)36)18-8-5-13(27(41)42)16(20-17(8)28(43)44)19-15-11(25(37)38)3-7(22(31)32)4-12(15)26(39)40/h1-5,18H,(H,19,20). The molecule has 0 aliphatic heterocycles. The molecule has 0 saturated carbocycles. The Bertz CT molecular complexity index is 1650.